The van der Waals surface area contributed by atoms with E-state index in [0.717, 1.165) is 24.2 Å². The third-order valence-electron chi connectivity index (χ3n) is 5.32. The second-order valence-corrected chi connectivity index (χ2v) is 9.44. The van der Waals surface area contributed by atoms with E-state index in [1.54, 1.807) is 4.68 Å². The highest BCUT2D eigenvalue weighted by atomic mass is 32.1. The minimum atomic E-state index is -0.110. The fourth-order valence-electron chi connectivity index (χ4n) is 4.47. The number of nitrogens with one attached hydrogen (secondary N) is 3. The van der Waals surface area contributed by atoms with Crippen LogP contribution in [0.4, 0.5) is 5.69 Å². The summed E-state index contributed by atoms with van der Waals surface area (Å²) in [6.07, 6.45) is 1.92. The highest BCUT2D eigenvalue weighted by Crippen LogP contribution is 2.28. The molecule has 3 rings (SSSR count). The molecule has 1 aliphatic rings. The van der Waals surface area contributed by atoms with E-state index in [1.165, 1.54) is 0 Å². The summed E-state index contributed by atoms with van der Waals surface area (Å²) in [5.41, 5.74) is 2.11. The van der Waals surface area contributed by atoms with Crippen molar-refractivity contribution in [3.05, 3.63) is 46.4 Å². The van der Waals surface area contributed by atoms with Crippen LogP contribution in [0.1, 0.15) is 46.2 Å². The van der Waals surface area contributed by atoms with Crippen molar-refractivity contribution < 1.29 is 0 Å². The van der Waals surface area contributed by atoms with Gasteiger partial charge in [0.15, 0.2) is 5.11 Å². The van der Waals surface area contributed by atoms with Gasteiger partial charge in [0.1, 0.15) is 5.69 Å². The average Bonchev–Trinajstić information content (AvgIpc) is 2.76. The average molecular weight is 402 g/mol. The molecule has 1 aliphatic heterocycles. The predicted molar refractivity (Wildman–Crippen MR) is 119 cm³/mol. The molecule has 0 spiro atoms. The fraction of sp³-hybridized carbons (Fsp3) is 0.524. The van der Waals surface area contributed by atoms with Gasteiger partial charge >= 0.3 is 0 Å². The summed E-state index contributed by atoms with van der Waals surface area (Å²) in [7, 11) is 1.88. The molecule has 0 atom stereocenters. The van der Waals surface area contributed by atoms with Crippen molar-refractivity contribution in [3.8, 4) is 5.69 Å². The van der Waals surface area contributed by atoms with Gasteiger partial charge in [0, 0.05) is 24.2 Å². The topological polar surface area (TPSA) is 63.0 Å². The Labute approximate surface area is 172 Å². The normalized spacial score (nSPS) is 18.6. The lowest BCUT2D eigenvalue weighted by Gasteiger charge is -2.46. The number of hydrogen-bond acceptors (Lipinski definition) is 3. The van der Waals surface area contributed by atoms with E-state index in [0.29, 0.717) is 10.8 Å². The first-order valence-electron chi connectivity index (χ1n) is 9.70. The standard InChI is InChI=1S/C21H31N5OS/c1-14-17(18(27)26(25(14)6)16-10-8-7-9-11-16)23-19(28)22-15-12-20(2,3)24-21(4,5)13-15/h7-11,15,24H,12-13H2,1-6H3,(H2,22,23,28). The summed E-state index contributed by atoms with van der Waals surface area (Å²) in [5.74, 6) is 0. The lowest BCUT2D eigenvalue weighted by atomic mass is 9.80. The zero-order valence-electron chi connectivity index (χ0n) is 17.6. The number of aromatic nitrogens is 2. The molecule has 0 bridgehead atoms. The number of nitrogens with zero attached hydrogens (tertiary/aromatic N) is 2. The first-order chi connectivity index (χ1) is 13.0. The molecule has 28 heavy (non-hydrogen) atoms. The van der Waals surface area contributed by atoms with Crippen LogP contribution in [0.3, 0.4) is 0 Å². The molecule has 2 heterocycles. The van der Waals surface area contributed by atoms with Gasteiger partial charge in [-0.2, -0.15) is 0 Å². The van der Waals surface area contributed by atoms with Crippen molar-refractivity contribution in [2.24, 2.45) is 7.05 Å². The number of hydrogen-bond donors (Lipinski definition) is 3. The Balaban J connectivity index is 1.79. The fourth-order valence-corrected chi connectivity index (χ4v) is 4.74. The van der Waals surface area contributed by atoms with E-state index in [2.05, 4.69) is 43.6 Å². The number of para-hydroxylation sites is 1. The molecule has 0 unspecified atom stereocenters. The highest BCUT2D eigenvalue weighted by molar-refractivity contribution is 7.80. The third-order valence-corrected chi connectivity index (χ3v) is 5.54. The Morgan fingerprint density at radius 1 is 1.14 bits per heavy atom. The van der Waals surface area contributed by atoms with Crippen LogP contribution in [0.25, 0.3) is 5.69 Å². The molecule has 1 aromatic heterocycles. The van der Waals surface area contributed by atoms with Crippen molar-refractivity contribution in [1.29, 1.82) is 0 Å². The Morgan fingerprint density at radius 2 is 1.71 bits per heavy atom. The van der Waals surface area contributed by atoms with E-state index in [1.807, 2.05) is 49.0 Å². The number of thiocarbonyl (C=S) groups is 1. The Bertz CT molecular complexity index is 910. The molecule has 1 fully saturated rings. The van der Waals surface area contributed by atoms with Gasteiger partial charge in [0.25, 0.3) is 5.56 Å². The zero-order chi connectivity index (χ0) is 20.7. The maximum atomic E-state index is 13.0. The van der Waals surface area contributed by atoms with Crippen molar-refractivity contribution in [2.75, 3.05) is 5.32 Å². The van der Waals surface area contributed by atoms with Crippen LogP contribution in [-0.4, -0.2) is 31.6 Å². The third kappa shape index (κ3) is 4.31. The molecule has 1 saturated heterocycles. The molecule has 3 N–H and O–H groups in total. The van der Waals surface area contributed by atoms with Crippen molar-refractivity contribution in [2.45, 2.75) is 64.6 Å². The quantitative estimate of drug-likeness (QED) is 0.690. The maximum absolute atomic E-state index is 13.0. The minimum Gasteiger partial charge on any atom is -0.360 e. The molecule has 6 nitrogen and oxygen atoms in total. The van der Waals surface area contributed by atoms with Gasteiger partial charge in [-0.15, -0.1) is 0 Å². The number of benzene rings is 1. The van der Waals surface area contributed by atoms with E-state index >= 15 is 0 Å². The smallest absolute Gasteiger partial charge is 0.295 e. The van der Waals surface area contributed by atoms with Gasteiger partial charge in [0.05, 0.1) is 11.4 Å². The van der Waals surface area contributed by atoms with Crippen molar-refractivity contribution >= 4 is 23.0 Å². The van der Waals surface area contributed by atoms with Crippen LogP contribution in [0.2, 0.25) is 0 Å². The van der Waals surface area contributed by atoms with Gasteiger partial charge in [-0.1, -0.05) is 18.2 Å². The lowest BCUT2D eigenvalue weighted by molar-refractivity contribution is 0.156. The van der Waals surface area contributed by atoms with E-state index in [-0.39, 0.29) is 22.7 Å². The molecule has 7 heteroatoms. The molecule has 0 aliphatic carbocycles. The summed E-state index contributed by atoms with van der Waals surface area (Å²) < 4.78 is 3.50. The summed E-state index contributed by atoms with van der Waals surface area (Å²) in [6, 6.07) is 9.85. The van der Waals surface area contributed by atoms with E-state index in [9.17, 15) is 4.79 Å². The Hall–Kier alpha value is -2.12. The van der Waals surface area contributed by atoms with Gasteiger partial charge in [-0.25, -0.2) is 4.68 Å². The summed E-state index contributed by atoms with van der Waals surface area (Å²) >= 11 is 5.56. The second kappa shape index (κ2) is 7.37. The first kappa shape index (κ1) is 20.6. The molecule has 0 amide bonds. The van der Waals surface area contributed by atoms with Crippen LogP contribution in [0, 0.1) is 6.92 Å². The van der Waals surface area contributed by atoms with Crippen molar-refractivity contribution in [3.63, 3.8) is 0 Å². The Morgan fingerprint density at radius 3 is 2.29 bits per heavy atom. The molecule has 1 aromatic carbocycles. The minimum absolute atomic E-state index is 0.0255. The zero-order valence-corrected chi connectivity index (χ0v) is 18.4. The Kier molecular flexibility index (Phi) is 5.42. The molecular weight excluding hydrogens is 370 g/mol. The lowest BCUT2D eigenvalue weighted by Crippen LogP contribution is -2.62. The van der Waals surface area contributed by atoms with E-state index < -0.39 is 0 Å². The van der Waals surface area contributed by atoms with Crippen LogP contribution in [0.5, 0.6) is 0 Å². The summed E-state index contributed by atoms with van der Waals surface area (Å²) in [4.78, 5) is 13.0. The van der Waals surface area contributed by atoms with Gasteiger partial charge in [-0.05, 0) is 71.8 Å². The summed E-state index contributed by atoms with van der Waals surface area (Å²) in [5, 5.41) is 10.7. The predicted octanol–water partition coefficient (Wildman–Crippen LogP) is 3.08. The van der Waals surface area contributed by atoms with Gasteiger partial charge in [-0.3, -0.25) is 9.48 Å². The highest BCUT2D eigenvalue weighted by Gasteiger charge is 2.37. The maximum Gasteiger partial charge on any atom is 0.295 e. The van der Waals surface area contributed by atoms with Crippen LogP contribution >= 0.6 is 12.2 Å². The van der Waals surface area contributed by atoms with Crippen molar-refractivity contribution in [1.82, 2.24) is 20.0 Å². The molecule has 152 valence electrons. The molecule has 0 saturated carbocycles. The number of piperidine rings is 1. The number of rotatable bonds is 3. The largest absolute Gasteiger partial charge is 0.360 e. The molecule has 0 radical (unpaired) electrons. The monoisotopic (exact) mass is 401 g/mol. The summed E-state index contributed by atoms with van der Waals surface area (Å²) in [6.45, 7) is 10.7. The second-order valence-electron chi connectivity index (χ2n) is 9.03. The SMILES string of the molecule is Cc1c(NC(=S)NC2CC(C)(C)NC(C)(C)C2)c(=O)n(-c2ccccc2)n1C. The molecular formula is C21H31N5OS. The van der Waals surface area contributed by atoms with Gasteiger partial charge in [0.2, 0.25) is 0 Å². The van der Waals surface area contributed by atoms with Crippen LogP contribution in [0.15, 0.2) is 35.1 Å². The first-order valence-corrected chi connectivity index (χ1v) is 10.1. The van der Waals surface area contributed by atoms with Crippen LogP contribution < -0.4 is 21.5 Å². The molecule has 2 aromatic rings. The number of anilines is 1. The van der Waals surface area contributed by atoms with Crippen LogP contribution in [-0.2, 0) is 7.05 Å². The van der Waals surface area contributed by atoms with E-state index in [4.69, 9.17) is 12.2 Å². The van der Waals surface area contributed by atoms with Gasteiger partial charge < -0.3 is 16.0 Å².